The van der Waals surface area contributed by atoms with E-state index in [-0.39, 0.29) is 0 Å². The van der Waals surface area contributed by atoms with Gasteiger partial charge in [-0.1, -0.05) is 0 Å². The molecule has 0 N–H and O–H groups in total. The second-order valence-corrected chi connectivity index (χ2v) is 8.81. The minimum atomic E-state index is -0.573. The van der Waals surface area contributed by atoms with Crippen molar-refractivity contribution in [2.24, 2.45) is 0 Å². The van der Waals surface area contributed by atoms with Gasteiger partial charge in [-0.15, -0.1) is 0 Å². The van der Waals surface area contributed by atoms with Crippen molar-refractivity contribution in [3.05, 3.63) is 36.7 Å². The van der Waals surface area contributed by atoms with Gasteiger partial charge < -0.3 is 14.0 Å². The summed E-state index contributed by atoms with van der Waals surface area (Å²) in [7, 11) is -0.485. The Bertz CT molecular complexity index is 836. The topological polar surface area (TPSA) is 62.6 Å². The van der Waals surface area contributed by atoms with E-state index in [1.807, 2.05) is 66.7 Å². The Hall–Kier alpha value is -2.12. The third kappa shape index (κ3) is 3.94. The van der Waals surface area contributed by atoms with Crippen LogP contribution >= 0.6 is 0 Å². The summed E-state index contributed by atoms with van der Waals surface area (Å²) in [5, 5.41) is 0. The van der Waals surface area contributed by atoms with Gasteiger partial charge >= 0.3 is 13.2 Å². The smallest absolute Gasteiger partial charge is 0.443 e. The lowest BCUT2D eigenvalue weighted by Gasteiger charge is -2.32. The van der Waals surface area contributed by atoms with Crippen LogP contribution in [-0.2, 0) is 14.0 Å². The normalized spacial score (nSPS) is 18.6. The molecule has 6 nitrogen and oxygen atoms in total. The predicted octanol–water partition coefficient (Wildman–Crippen LogP) is 3.63. The monoisotopic (exact) mass is 370 g/mol. The fourth-order valence-corrected chi connectivity index (χ4v) is 2.77. The molecule has 0 saturated carbocycles. The lowest BCUT2D eigenvalue weighted by molar-refractivity contribution is 0.00578. The van der Waals surface area contributed by atoms with Gasteiger partial charge in [-0.05, 0) is 78.2 Å². The Morgan fingerprint density at radius 3 is 2.37 bits per heavy atom. The third-order valence-corrected chi connectivity index (χ3v) is 4.91. The average molecular weight is 370 g/mol. The number of aromatic nitrogens is 2. The fraction of sp³-hybridized carbons (Fsp3) is 0.500. The molecule has 0 aromatic carbocycles. The van der Waals surface area contributed by atoms with E-state index in [0.29, 0.717) is 11.4 Å². The van der Waals surface area contributed by atoms with Crippen LogP contribution < -0.4 is 5.46 Å². The van der Waals surface area contributed by atoms with Gasteiger partial charge in [0.05, 0.1) is 22.6 Å². The van der Waals surface area contributed by atoms with Crippen LogP contribution in [0.15, 0.2) is 36.7 Å². The van der Waals surface area contributed by atoms with E-state index < -0.39 is 30.0 Å². The van der Waals surface area contributed by atoms with Gasteiger partial charge in [-0.25, -0.2) is 4.79 Å². The Morgan fingerprint density at radius 1 is 1.15 bits per heavy atom. The van der Waals surface area contributed by atoms with E-state index in [2.05, 4.69) is 4.98 Å². The zero-order chi connectivity index (χ0) is 20.0. The van der Waals surface area contributed by atoms with Gasteiger partial charge in [0.2, 0.25) is 0 Å². The summed E-state index contributed by atoms with van der Waals surface area (Å²) in [6, 6.07) is 7.38. The Kier molecular flexibility index (Phi) is 4.72. The first kappa shape index (κ1) is 19.6. The van der Waals surface area contributed by atoms with Crippen LogP contribution in [0, 0.1) is 0 Å². The van der Waals surface area contributed by atoms with Crippen LogP contribution in [0.3, 0.4) is 0 Å². The molecule has 3 rings (SSSR count). The Labute approximate surface area is 161 Å². The van der Waals surface area contributed by atoms with Crippen molar-refractivity contribution in [3.63, 3.8) is 0 Å². The predicted molar refractivity (Wildman–Crippen MR) is 105 cm³/mol. The van der Waals surface area contributed by atoms with Gasteiger partial charge in [0.25, 0.3) is 0 Å². The highest BCUT2D eigenvalue weighted by Crippen LogP contribution is 2.36. The SMILES string of the molecule is CC(C)(C)OC(=O)n1cccc1-c1cc(B2OC(C)(C)C(C)(C)O2)ccn1. The lowest BCUT2D eigenvalue weighted by Crippen LogP contribution is -2.41. The third-order valence-electron chi connectivity index (χ3n) is 4.91. The maximum absolute atomic E-state index is 12.5. The number of carbonyl (C=O) groups is 1. The molecule has 1 aliphatic heterocycles. The number of hydrogen-bond acceptors (Lipinski definition) is 5. The summed E-state index contributed by atoms with van der Waals surface area (Å²) in [5.41, 5.74) is 0.753. The highest BCUT2D eigenvalue weighted by atomic mass is 16.7. The molecular weight excluding hydrogens is 343 g/mol. The number of ether oxygens (including phenoxy) is 1. The van der Waals surface area contributed by atoms with Crippen LogP contribution in [0.4, 0.5) is 4.79 Å². The van der Waals surface area contributed by atoms with Gasteiger partial charge in [0, 0.05) is 12.4 Å². The van der Waals surface area contributed by atoms with Crippen molar-refractivity contribution < 1.29 is 18.8 Å². The number of rotatable bonds is 2. The summed E-state index contributed by atoms with van der Waals surface area (Å²) in [6.45, 7) is 13.6. The van der Waals surface area contributed by atoms with Crippen molar-refractivity contribution in [3.8, 4) is 11.4 Å². The molecule has 2 aromatic heterocycles. The molecule has 0 amide bonds. The molecule has 0 radical (unpaired) electrons. The highest BCUT2D eigenvalue weighted by Gasteiger charge is 2.51. The van der Waals surface area contributed by atoms with E-state index in [1.54, 1.807) is 18.5 Å². The average Bonchev–Trinajstić information content (AvgIpc) is 3.09. The molecule has 1 fully saturated rings. The molecule has 0 spiro atoms. The Balaban J connectivity index is 1.90. The second-order valence-electron chi connectivity index (χ2n) is 8.81. The van der Waals surface area contributed by atoms with Crippen molar-refractivity contribution in [2.45, 2.75) is 65.3 Å². The second kappa shape index (κ2) is 6.50. The van der Waals surface area contributed by atoms with Crippen molar-refractivity contribution in [1.29, 1.82) is 0 Å². The quantitative estimate of drug-likeness (QED) is 0.756. The van der Waals surface area contributed by atoms with Gasteiger partial charge in [0.15, 0.2) is 0 Å². The minimum Gasteiger partial charge on any atom is -0.443 e. The summed E-state index contributed by atoms with van der Waals surface area (Å²) < 4.78 is 19.2. The van der Waals surface area contributed by atoms with Crippen LogP contribution in [-0.4, -0.2) is 39.6 Å². The Morgan fingerprint density at radius 2 is 1.78 bits per heavy atom. The number of carbonyl (C=O) groups excluding carboxylic acids is 1. The number of pyridine rings is 1. The number of hydrogen-bond donors (Lipinski definition) is 0. The van der Waals surface area contributed by atoms with E-state index in [1.165, 1.54) is 4.57 Å². The lowest BCUT2D eigenvalue weighted by atomic mass is 9.79. The molecule has 0 atom stereocenters. The molecule has 27 heavy (non-hydrogen) atoms. The molecule has 3 heterocycles. The fourth-order valence-electron chi connectivity index (χ4n) is 2.77. The van der Waals surface area contributed by atoms with E-state index in [0.717, 1.165) is 5.46 Å². The minimum absolute atomic E-state index is 0.419. The number of nitrogens with zero attached hydrogens (tertiary/aromatic N) is 2. The molecule has 1 saturated heterocycles. The first-order valence-electron chi connectivity index (χ1n) is 9.12. The maximum Gasteiger partial charge on any atom is 0.494 e. The van der Waals surface area contributed by atoms with Gasteiger partial charge in [-0.2, -0.15) is 0 Å². The van der Waals surface area contributed by atoms with Crippen molar-refractivity contribution in [1.82, 2.24) is 9.55 Å². The standard InChI is InChI=1S/C20H27BN2O4/c1-18(2,3)25-17(24)23-12-8-9-16(23)15-13-14(10-11-22-15)21-26-19(4,5)20(6,7)27-21/h8-13H,1-7H3. The molecule has 0 aliphatic carbocycles. The van der Waals surface area contributed by atoms with Crippen LogP contribution in [0.25, 0.3) is 11.4 Å². The molecular formula is C20H27BN2O4. The summed E-state index contributed by atoms with van der Waals surface area (Å²) >= 11 is 0. The first-order valence-corrected chi connectivity index (χ1v) is 9.12. The van der Waals surface area contributed by atoms with Crippen LogP contribution in [0.2, 0.25) is 0 Å². The molecule has 2 aromatic rings. The maximum atomic E-state index is 12.5. The summed E-state index contributed by atoms with van der Waals surface area (Å²) in [5.74, 6) is 0. The zero-order valence-electron chi connectivity index (χ0n) is 17.1. The zero-order valence-corrected chi connectivity index (χ0v) is 17.1. The van der Waals surface area contributed by atoms with E-state index >= 15 is 0 Å². The van der Waals surface area contributed by atoms with E-state index in [4.69, 9.17) is 14.0 Å². The first-order chi connectivity index (χ1) is 12.4. The largest absolute Gasteiger partial charge is 0.494 e. The molecule has 144 valence electrons. The van der Waals surface area contributed by atoms with E-state index in [9.17, 15) is 4.79 Å². The molecule has 1 aliphatic rings. The summed E-state index contributed by atoms with van der Waals surface area (Å²) in [4.78, 5) is 16.9. The van der Waals surface area contributed by atoms with Gasteiger partial charge in [0.1, 0.15) is 5.60 Å². The van der Waals surface area contributed by atoms with Crippen molar-refractivity contribution in [2.75, 3.05) is 0 Å². The van der Waals surface area contributed by atoms with Crippen molar-refractivity contribution >= 4 is 18.7 Å². The molecule has 0 bridgehead atoms. The molecule has 7 heteroatoms. The highest BCUT2D eigenvalue weighted by molar-refractivity contribution is 6.62. The summed E-state index contributed by atoms with van der Waals surface area (Å²) in [6.07, 6.45) is 2.93. The van der Waals surface area contributed by atoms with Crippen LogP contribution in [0.5, 0.6) is 0 Å². The van der Waals surface area contributed by atoms with Gasteiger partial charge in [-0.3, -0.25) is 9.55 Å². The van der Waals surface area contributed by atoms with Crippen LogP contribution in [0.1, 0.15) is 48.5 Å². The molecule has 0 unspecified atom stereocenters.